The van der Waals surface area contributed by atoms with Gasteiger partial charge in [0.1, 0.15) is 6.07 Å². The number of nitrogens with two attached hydrogens (primary N) is 1. The molecule has 0 spiro atoms. The first kappa shape index (κ1) is 12.1. The minimum absolute atomic E-state index is 0.630. The minimum Gasteiger partial charge on any atom is -0.399 e. The van der Waals surface area contributed by atoms with Crippen LogP contribution in [0.3, 0.4) is 0 Å². The molecule has 2 rings (SSSR count). The number of thioether (sulfide) groups is 1. The van der Waals surface area contributed by atoms with Crippen LogP contribution in [0.4, 0.5) is 11.4 Å². The lowest BCUT2D eigenvalue weighted by Crippen LogP contribution is -2.20. The zero-order chi connectivity index (χ0) is 12.1. The van der Waals surface area contributed by atoms with E-state index in [-0.39, 0.29) is 0 Å². The van der Waals surface area contributed by atoms with Gasteiger partial charge < -0.3 is 11.1 Å². The summed E-state index contributed by atoms with van der Waals surface area (Å²) in [5.41, 5.74) is 7.82. The van der Waals surface area contributed by atoms with Crippen molar-refractivity contribution in [1.29, 1.82) is 5.26 Å². The highest BCUT2D eigenvalue weighted by molar-refractivity contribution is 7.99. The van der Waals surface area contributed by atoms with Crippen LogP contribution in [0.1, 0.15) is 24.8 Å². The third-order valence-corrected chi connectivity index (χ3v) is 4.36. The van der Waals surface area contributed by atoms with Crippen LogP contribution in [0.5, 0.6) is 0 Å². The van der Waals surface area contributed by atoms with Crippen molar-refractivity contribution in [3.63, 3.8) is 0 Å². The maximum Gasteiger partial charge on any atom is 0.101 e. The van der Waals surface area contributed by atoms with Crippen LogP contribution in [0.2, 0.25) is 0 Å². The number of hydrogen-bond donors (Lipinski definition) is 2. The molecule has 3 nitrogen and oxygen atoms in total. The van der Waals surface area contributed by atoms with Gasteiger partial charge in [-0.25, -0.2) is 0 Å². The van der Waals surface area contributed by atoms with Crippen molar-refractivity contribution < 1.29 is 0 Å². The second kappa shape index (κ2) is 5.83. The molecular formula is C13H17N3S. The van der Waals surface area contributed by atoms with Crippen LogP contribution in [0.15, 0.2) is 18.2 Å². The smallest absolute Gasteiger partial charge is 0.101 e. The van der Waals surface area contributed by atoms with Crippen molar-refractivity contribution in [1.82, 2.24) is 0 Å². The fourth-order valence-corrected chi connectivity index (χ4v) is 3.24. The standard InChI is InChI=1S/C13H17N3S/c14-8-10-7-11(15)4-5-13(10)16-9-12-3-1-2-6-17-12/h4-5,7,12,16H,1-3,6,9,15H2. The number of hydrogen-bond acceptors (Lipinski definition) is 4. The van der Waals surface area contributed by atoms with Crippen LogP contribution in [-0.4, -0.2) is 17.5 Å². The van der Waals surface area contributed by atoms with Gasteiger partial charge in [0.2, 0.25) is 0 Å². The highest BCUT2D eigenvalue weighted by atomic mass is 32.2. The molecule has 17 heavy (non-hydrogen) atoms. The van der Waals surface area contributed by atoms with E-state index in [0.29, 0.717) is 16.5 Å². The Morgan fingerprint density at radius 2 is 2.35 bits per heavy atom. The monoisotopic (exact) mass is 247 g/mol. The maximum absolute atomic E-state index is 9.03. The molecule has 0 aliphatic carbocycles. The van der Waals surface area contributed by atoms with E-state index in [0.717, 1.165) is 12.2 Å². The summed E-state index contributed by atoms with van der Waals surface area (Å²) in [5, 5.41) is 13.1. The van der Waals surface area contributed by atoms with Gasteiger partial charge in [-0.15, -0.1) is 0 Å². The molecule has 1 fully saturated rings. The summed E-state index contributed by atoms with van der Waals surface area (Å²) in [4.78, 5) is 0. The van der Waals surface area contributed by atoms with Crippen LogP contribution < -0.4 is 11.1 Å². The lowest BCUT2D eigenvalue weighted by atomic mass is 10.1. The molecule has 0 aromatic heterocycles. The van der Waals surface area contributed by atoms with Crippen LogP contribution in [-0.2, 0) is 0 Å². The van der Waals surface area contributed by atoms with E-state index in [1.807, 2.05) is 23.9 Å². The van der Waals surface area contributed by atoms with Crippen LogP contribution >= 0.6 is 11.8 Å². The number of benzene rings is 1. The van der Waals surface area contributed by atoms with E-state index in [2.05, 4.69) is 11.4 Å². The number of nitrogens with zero attached hydrogens (tertiary/aromatic N) is 1. The summed E-state index contributed by atoms with van der Waals surface area (Å²) < 4.78 is 0. The van der Waals surface area contributed by atoms with E-state index >= 15 is 0 Å². The Kier molecular flexibility index (Phi) is 4.16. The zero-order valence-electron chi connectivity index (χ0n) is 9.78. The van der Waals surface area contributed by atoms with Gasteiger partial charge in [0.05, 0.1) is 11.3 Å². The molecule has 1 saturated heterocycles. The van der Waals surface area contributed by atoms with Crippen LogP contribution in [0.25, 0.3) is 0 Å². The van der Waals surface area contributed by atoms with E-state index in [1.54, 1.807) is 6.07 Å². The van der Waals surface area contributed by atoms with Gasteiger partial charge in [-0.05, 0) is 36.8 Å². The van der Waals surface area contributed by atoms with E-state index < -0.39 is 0 Å². The molecule has 1 unspecified atom stereocenters. The van der Waals surface area contributed by atoms with Gasteiger partial charge in [-0.3, -0.25) is 0 Å². The van der Waals surface area contributed by atoms with Gasteiger partial charge in [0, 0.05) is 17.5 Å². The average molecular weight is 247 g/mol. The second-order valence-electron chi connectivity index (χ2n) is 4.29. The summed E-state index contributed by atoms with van der Waals surface area (Å²) in [6, 6.07) is 7.61. The van der Waals surface area contributed by atoms with E-state index in [9.17, 15) is 0 Å². The largest absolute Gasteiger partial charge is 0.399 e. The Morgan fingerprint density at radius 1 is 1.47 bits per heavy atom. The molecule has 1 aliphatic rings. The fourth-order valence-electron chi connectivity index (χ4n) is 2.00. The van der Waals surface area contributed by atoms with Gasteiger partial charge >= 0.3 is 0 Å². The molecule has 4 heteroatoms. The van der Waals surface area contributed by atoms with Gasteiger partial charge in [0.25, 0.3) is 0 Å². The topological polar surface area (TPSA) is 61.8 Å². The molecule has 0 saturated carbocycles. The van der Waals surface area contributed by atoms with Crippen molar-refractivity contribution in [3.8, 4) is 6.07 Å². The number of rotatable bonds is 3. The maximum atomic E-state index is 9.03. The molecule has 0 radical (unpaired) electrons. The molecule has 90 valence electrons. The Bertz CT molecular complexity index is 419. The van der Waals surface area contributed by atoms with Gasteiger partial charge in [0.15, 0.2) is 0 Å². The van der Waals surface area contributed by atoms with Gasteiger partial charge in [-0.2, -0.15) is 17.0 Å². The molecule has 1 aromatic rings. The summed E-state index contributed by atoms with van der Waals surface area (Å²) >= 11 is 2.03. The number of nitrogens with one attached hydrogen (secondary N) is 1. The van der Waals surface area contributed by atoms with Crippen molar-refractivity contribution >= 4 is 23.1 Å². The number of anilines is 2. The Morgan fingerprint density at radius 3 is 3.06 bits per heavy atom. The average Bonchev–Trinajstić information content (AvgIpc) is 2.38. The van der Waals surface area contributed by atoms with Crippen molar-refractivity contribution in [2.45, 2.75) is 24.5 Å². The fraction of sp³-hybridized carbons (Fsp3) is 0.462. The predicted octanol–water partition coefficient (Wildman–Crippen LogP) is 2.84. The molecule has 1 aliphatic heterocycles. The normalized spacial score (nSPS) is 19.6. The van der Waals surface area contributed by atoms with Crippen molar-refractivity contribution in [2.24, 2.45) is 0 Å². The minimum atomic E-state index is 0.630. The Hall–Kier alpha value is -1.34. The predicted molar refractivity (Wildman–Crippen MR) is 74.2 cm³/mol. The van der Waals surface area contributed by atoms with Crippen molar-refractivity contribution in [2.75, 3.05) is 23.3 Å². The summed E-state index contributed by atoms with van der Waals surface area (Å²) in [6.07, 6.45) is 3.94. The third-order valence-electron chi connectivity index (χ3n) is 2.96. The van der Waals surface area contributed by atoms with E-state index in [4.69, 9.17) is 11.0 Å². The quantitative estimate of drug-likeness (QED) is 0.806. The molecule has 1 atom stereocenters. The second-order valence-corrected chi connectivity index (χ2v) is 5.69. The summed E-state index contributed by atoms with van der Waals surface area (Å²) in [7, 11) is 0. The highest BCUT2D eigenvalue weighted by Crippen LogP contribution is 2.26. The molecular weight excluding hydrogens is 230 g/mol. The first-order valence-electron chi connectivity index (χ1n) is 5.94. The molecule has 0 bridgehead atoms. The summed E-state index contributed by atoms with van der Waals surface area (Å²) in [5.74, 6) is 1.26. The Labute approximate surface area is 106 Å². The van der Waals surface area contributed by atoms with Gasteiger partial charge in [-0.1, -0.05) is 6.42 Å². The lowest BCUT2D eigenvalue weighted by Gasteiger charge is -2.22. The third kappa shape index (κ3) is 3.31. The SMILES string of the molecule is N#Cc1cc(N)ccc1NCC1CCCCS1. The van der Waals surface area contributed by atoms with Crippen LogP contribution in [0, 0.1) is 11.3 Å². The molecule has 3 N–H and O–H groups in total. The van der Waals surface area contributed by atoms with E-state index in [1.165, 1.54) is 25.0 Å². The Balaban J connectivity index is 1.96. The highest BCUT2D eigenvalue weighted by Gasteiger charge is 2.14. The lowest BCUT2D eigenvalue weighted by molar-refractivity contribution is 0.677. The van der Waals surface area contributed by atoms with Crippen molar-refractivity contribution in [3.05, 3.63) is 23.8 Å². The number of nitriles is 1. The zero-order valence-corrected chi connectivity index (χ0v) is 10.6. The first-order chi connectivity index (χ1) is 8.29. The summed E-state index contributed by atoms with van der Waals surface area (Å²) in [6.45, 7) is 0.934. The molecule has 1 heterocycles. The molecule has 0 amide bonds. The first-order valence-corrected chi connectivity index (χ1v) is 6.99. The molecule has 1 aromatic carbocycles. The number of nitrogen functional groups attached to an aromatic ring is 1.